The zero-order valence-corrected chi connectivity index (χ0v) is 20.9. The molecule has 8 heteroatoms. The van der Waals surface area contributed by atoms with Gasteiger partial charge in [-0.15, -0.1) is 10.2 Å². The summed E-state index contributed by atoms with van der Waals surface area (Å²) < 4.78 is 4.11. The number of carbonyl (C=O) groups excluding carboxylic acids is 1. The third kappa shape index (κ3) is 4.23. The van der Waals surface area contributed by atoms with Crippen LogP contribution in [0.2, 0.25) is 0 Å². The Morgan fingerprint density at radius 1 is 0.972 bits per heavy atom. The van der Waals surface area contributed by atoms with Crippen LogP contribution in [0.5, 0.6) is 0 Å². The Hall–Kier alpha value is -3.39. The van der Waals surface area contributed by atoms with E-state index in [9.17, 15) is 4.79 Å². The monoisotopic (exact) mass is 496 g/mol. The molecule has 0 spiro atoms. The molecule has 3 aliphatic carbocycles. The molecule has 0 unspecified atom stereocenters. The first-order chi connectivity index (χ1) is 17.7. The van der Waals surface area contributed by atoms with Gasteiger partial charge in [0.2, 0.25) is 5.91 Å². The molecule has 0 saturated heterocycles. The van der Waals surface area contributed by atoms with Crippen LogP contribution >= 0.6 is 11.8 Å². The summed E-state index contributed by atoms with van der Waals surface area (Å²) in [6, 6.07) is 19.1. The molecule has 0 aliphatic heterocycles. The second kappa shape index (κ2) is 8.92. The number of nitrogens with one attached hydrogen (secondary N) is 1. The number of thioether (sulfide) groups is 1. The number of carbonyl (C=O) groups is 1. The average Bonchev–Trinajstić information content (AvgIpc) is 3.80. The molecule has 4 aromatic rings. The van der Waals surface area contributed by atoms with Crippen LogP contribution in [-0.4, -0.2) is 36.2 Å². The SMILES string of the molecule is O=C(CSc1nnc(C2CC2)n1C1CC1)Nc1cc(-c2ccc3c(c2)CCC3)nn1-c1ccccc1. The van der Waals surface area contributed by atoms with Gasteiger partial charge in [0.15, 0.2) is 5.16 Å². The highest BCUT2D eigenvalue weighted by molar-refractivity contribution is 7.99. The number of nitrogens with zero attached hydrogens (tertiary/aromatic N) is 5. The van der Waals surface area contributed by atoms with Crippen molar-refractivity contribution in [3.05, 3.63) is 71.5 Å². The summed E-state index contributed by atoms with van der Waals surface area (Å²) in [7, 11) is 0. The van der Waals surface area contributed by atoms with Gasteiger partial charge in [0.25, 0.3) is 0 Å². The van der Waals surface area contributed by atoms with Crippen LogP contribution in [0.1, 0.15) is 61.0 Å². The zero-order valence-electron chi connectivity index (χ0n) is 20.1. The van der Waals surface area contributed by atoms with Crippen LogP contribution in [-0.2, 0) is 17.6 Å². The lowest BCUT2D eigenvalue weighted by atomic mass is 10.0. The Balaban J connectivity index is 1.13. The van der Waals surface area contributed by atoms with Crippen LogP contribution in [0, 0.1) is 0 Å². The fourth-order valence-electron chi connectivity index (χ4n) is 5.10. The molecule has 7 nitrogen and oxygen atoms in total. The normalized spacial score (nSPS) is 16.8. The van der Waals surface area contributed by atoms with Gasteiger partial charge in [0, 0.05) is 23.6 Å². The van der Waals surface area contributed by atoms with Gasteiger partial charge in [0.05, 0.1) is 17.1 Å². The second-order valence-electron chi connectivity index (χ2n) is 10.1. The fourth-order valence-corrected chi connectivity index (χ4v) is 5.91. The van der Waals surface area contributed by atoms with E-state index in [2.05, 4.69) is 38.3 Å². The van der Waals surface area contributed by atoms with Crippen LogP contribution < -0.4 is 5.32 Å². The maximum absolute atomic E-state index is 13.1. The van der Waals surface area contributed by atoms with Crippen LogP contribution in [0.25, 0.3) is 16.9 Å². The predicted molar refractivity (Wildman–Crippen MR) is 141 cm³/mol. The van der Waals surface area contributed by atoms with E-state index in [0.717, 1.165) is 40.8 Å². The van der Waals surface area contributed by atoms with Crippen LogP contribution in [0.15, 0.2) is 59.8 Å². The van der Waals surface area contributed by atoms with Crippen molar-refractivity contribution in [2.75, 3.05) is 11.1 Å². The fraction of sp³-hybridized carbons (Fsp3) is 0.357. The van der Waals surface area contributed by atoms with Gasteiger partial charge in [0.1, 0.15) is 11.6 Å². The number of para-hydroxylation sites is 1. The predicted octanol–water partition coefficient (Wildman–Crippen LogP) is 5.56. The average molecular weight is 497 g/mol. The van der Waals surface area contributed by atoms with Crippen molar-refractivity contribution < 1.29 is 4.79 Å². The topological polar surface area (TPSA) is 77.6 Å². The second-order valence-corrected chi connectivity index (χ2v) is 11.0. The number of aryl methyl sites for hydroxylation is 2. The van der Waals surface area contributed by atoms with Crippen molar-refractivity contribution in [3.8, 4) is 16.9 Å². The number of rotatable bonds is 8. The van der Waals surface area contributed by atoms with E-state index < -0.39 is 0 Å². The highest BCUT2D eigenvalue weighted by Gasteiger charge is 2.36. The Kier molecular flexibility index (Phi) is 5.42. The highest BCUT2D eigenvalue weighted by Crippen LogP contribution is 2.46. The van der Waals surface area contributed by atoms with Crippen molar-refractivity contribution in [1.82, 2.24) is 24.5 Å². The van der Waals surface area contributed by atoms with E-state index in [1.54, 1.807) is 0 Å². The number of hydrogen-bond donors (Lipinski definition) is 1. The number of aromatic nitrogens is 5. The van der Waals surface area contributed by atoms with E-state index in [0.29, 0.717) is 17.8 Å². The summed E-state index contributed by atoms with van der Waals surface area (Å²) in [6.45, 7) is 0. The summed E-state index contributed by atoms with van der Waals surface area (Å²) in [6.07, 6.45) is 8.25. The molecular weight excluding hydrogens is 468 g/mol. The zero-order chi connectivity index (χ0) is 24.1. The summed E-state index contributed by atoms with van der Waals surface area (Å²) in [5, 5.41) is 17.8. The number of fused-ring (bicyclic) bond motifs is 1. The number of amides is 1. The first-order valence-corrected chi connectivity index (χ1v) is 13.9. The lowest BCUT2D eigenvalue weighted by Crippen LogP contribution is -2.17. The summed E-state index contributed by atoms with van der Waals surface area (Å²) in [5.74, 6) is 2.55. The molecule has 0 atom stereocenters. The minimum atomic E-state index is -0.0732. The summed E-state index contributed by atoms with van der Waals surface area (Å²) >= 11 is 1.47. The molecular formula is C28H28N6OS. The molecule has 0 radical (unpaired) electrons. The van der Waals surface area contributed by atoms with Crippen LogP contribution in [0.3, 0.4) is 0 Å². The first kappa shape index (κ1) is 21.9. The molecule has 7 rings (SSSR count). The third-order valence-electron chi connectivity index (χ3n) is 7.25. The van der Waals surface area contributed by atoms with Crippen molar-refractivity contribution in [3.63, 3.8) is 0 Å². The van der Waals surface area contributed by atoms with Crippen molar-refractivity contribution >= 4 is 23.5 Å². The van der Waals surface area contributed by atoms with E-state index in [4.69, 9.17) is 5.10 Å². The Morgan fingerprint density at radius 3 is 2.61 bits per heavy atom. The van der Waals surface area contributed by atoms with Crippen molar-refractivity contribution in [2.45, 2.75) is 62.1 Å². The smallest absolute Gasteiger partial charge is 0.236 e. The lowest BCUT2D eigenvalue weighted by molar-refractivity contribution is -0.113. The molecule has 2 heterocycles. The standard InChI is InChI=1S/C28H28N6OS/c35-26(17-36-28-31-30-27(19-10-11-19)33(28)22-13-14-22)29-25-16-24(32-34(25)23-7-2-1-3-8-23)21-12-9-18-5-4-6-20(18)15-21/h1-3,7-9,12,15-16,19,22H,4-6,10-11,13-14,17H2,(H,29,35). The van der Waals surface area contributed by atoms with Crippen LogP contribution in [0.4, 0.5) is 5.82 Å². The Labute approximate surface area is 214 Å². The molecule has 2 fully saturated rings. The van der Waals surface area contributed by atoms with Gasteiger partial charge in [-0.25, -0.2) is 4.68 Å². The molecule has 3 aliphatic rings. The molecule has 2 saturated carbocycles. The molecule has 2 aromatic heterocycles. The van der Waals surface area contributed by atoms with Crippen molar-refractivity contribution in [2.24, 2.45) is 0 Å². The molecule has 36 heavy (non-hydrogen) atoms. The Bertz CT molecular complexity index is 1430. The van der Waals surface area contributed by atoms with Gasteiger partial charge in [-0.3, -0.25) is 4.79 Å². The minimum absolute atomic E-state index is 0.0732. The first-order valence-electron chi connectivity index (χ1n) is 12.9. The number of benzene rings is 2. The lowest BCUT2D eigenvalue weighted by Gasteiger charge is -2.10. The largest absolute Gasteiger partial charge is 0.310 e. The molecule has 1 amide bonds. The van der Waals surface area contributed by atoms with E-state index >= 15 is 0 Å². The number of hydrogen-bond acceptors (Lipinski definition) is 5. The number of anilines is 1. The van der Waals surface area contributed by atoms with E-state index in [-0.39, 0.29) is 11.7 Å². The summed E-state index contributed by atoms with van der Waals surface area (Å²) in [5.41, 5.74) is 5.71. The van der Waals surface area contributed by atoms with E-state index in [1.807, 2.05) is 41.1 Å². The third-order valence-corrected chi connectivity index (χ3v) is 8.19. The van der Waals surface area contributed by atoms with E-state index in [1.165, 1.54) is 55.0 Å². The maximum atomic E-state index is 13.1. The molecule has 1 N–H and O–H groups in total. The summed E-state index contributed by atoms with van der Waals surface area (Å²) in [4.78, 5) is 13.1. The van der Waals surface area contributed by atoms with Gasteiger partial charge < -0.3 is 9.88 Å². The molecule has 2 aromatic carbocycles. The highest BCUT2D eigenvalue weighted by atomic mass is 32.2. The molecule has 182 valence electrons. The van der Waals surface area contributed by atoms with Gasteiger partial charge in [-0.1, -0.05) is 42.1 Å². The van der Waals surface area contributed by atoms with Gasteiger partial charge >= 0.3 is 0 Å². The minimum Gasteiger partial charge on any atom is -0.310 e. The Morgan fingerprint density at radius 2 is 1.81 bits per heavy atom. The van der Waals surface area contributed by atoms with Gasteiger partial charge in [-0.05, 0) is 74.3 Å². The maximum Gasteiger partial charge on any atom is 0.236 e. The molecule has 0 bridgehead atoms. The van der Waals surface area contributed by atoms with Gasteiger partial charge in [-0.2, -0.15) is 5.10 Å². The quantitative estimate of drug-likeness (QED) is 0.323. The van der Waals surface area contributed by atoms with Crippen molar-refractivity contribution in [1.29, 1.82) is 0 Å².